The molecule has 1 nitrogen and oxygen atoms in total. The van der Waals surface area contributed by atoms with Gasteiger partial charge in [0.2, 0.25) is 0 Å². The Morgan fingerprint density at radius 2 is 1.19 bits per heavy atom. The first-order chi connectivity index (χ1) is 7.14. The Labute approximate surface area is 86.2 Å². The Hall–Kier alpha value is -1.53. The number of nitrogens with one attached hydrogen (secondary N) is 1. The molecule has 1 aromatic carbocycles. The number of hydrogen-bond acceptors (Lipinski definition) is 1. The lowest BCUT2D eigenvalue weighted by molar-refractivity contribution is -0.143. The molecule has 0 heterocycles. The highest BCUT2D eigenvalue weighted by Crippen LogP contribution is 2.35. The van der Waals surface area contributed by atoms with Gasteiger partial charge in [0.05, 0.1) is 11.1 Å². The van der Waals surface area contributed by atoms with Crippen molar-refractivity contribution in [2.24, 2.45) is 0 Å². The summed E-state index contributed by atoms with van der Waals surface area (Å²) in [5.74, 6) is 0. The highest BCUT2D eigenvalue weighted by molar-refractivity contribution is 5.77. The molecule has 7 heteroatoms. The number of rotatable bonds is 1. The highest BCUT2D eigenvalue weighted by Gasteiger charge is 2.36. The molecule has 0 bridgehead atoms. The van der Waals surface area contributed by atoms with Gasteiger partial charge in [-0.05, 0) is 23.8 Å². The smallest absolute Gasteiger partial charge is 0.308 e. The summed E-state index contributed by atoms with van der Waals surface area (Å²) in [6.45, 7) is 0. The van der Waals surface area contributed by atoms with E-state index in [1.807, 2.05) is 0 Å². The van der Waals surface area contributed by atoms with Gasteiger partial charge in [-0.1, -0.05) is 0 Å². The highest BCUT2D eigenvalue weighted by atomic mass is 19.4. The van der Waals surface area contributed by atoms with Crippen LogP contribution in [0.1, 0.15) is 16.7 Å². The Balaban J connectivity index is 3.39. The van der Waals surface area contributed by atoms with Crippen LogP contribution >= 0.6 is 0 Å². The fourth-order valence-corrected chi connectivity index (χ4v) is 1.06. The summed E-state index contributed by atoms with van der Waals surface area (Å²) in [7, 11) is 0. The van der Waals surface area contributed by atoms with Gasteiger partial charge in [0.1, 0.15) is 0 Å². The molecule has 0 saturated heterocycles. The van der Waals surface area contributed by atoms with E-state index in [0.717, 1.165) is 0 Å². The summed E-state index contributed by atoms with van der Waals surface area (Å²) in [6, 6.07) is 0.997. The zero-order valence-corrected chi connectivity index (χ0v) is 7.58. The van der Waals surface area contributed by atoms with E-state index >= 15 is 0 Å². The molecule has 1 rings (SSSR count). The number of alkyl halides is 6. The fraction of sp³-hybridized carbons (Fsp3) is 0.222. The van der Waals surface area contributed by atoms with Gasteiger partial charge in [0.25, 0.3) is 0 Å². The first-order valence-corrected chi connectivity index (χ1v) is 3.94. The third-order valence-corrected chi connectivity index (χ3v) is 1.78. The topological polar surface area (TPSA) is 23.9 Å². The van der Waals surface area contributed by atoms with E-state index < -0.39 is 29.0 Å². The van der Waals surface area contributed by atoms with E-state index in [2.05, 4.69) is 0 Å². The zero-order chi connectivity index (χ0) is 12.6. The lowest BCUT2D eigenvalue weighted by Crippen LogP contribution is -2.11. The molecular formula is C9H5F6N. The molecule has 0 amide bonds. The fourth-order valence-electron chi connectivity index (χ4n) is 1.06. The Morgan fingerprint density at radius 3 is 1.44 bits per heavy atom. The van der Waals surface area contributed by atoms with Gasteiger partial charge in [0, 0.05) is 6.21 Å². The van der Waals surface area contributed by atoms with E-state index in [4.69, 9.17) is 5.41 Å². The van der Waals surface area contributed by atoms with Crippen LogP contribution in [0.3, 0.4) is 0 Å². The van der Waals surface area contributed by atoms with Crippen LogP contribution in [0.4, 0.5) is 26.3 Å². The van der Waals surface area contributed by atoms with E-state index in [1.54, 1.807) is 0 Å². The van der Waals surface area contributed by atoms with Gasteiger partial charge in [-0.25, -0.2) is 0 Å². The van der Waals surface area contributed by atoms with Crippen molar-refractivity contribution >= 4 is 6.21 Å². The summed E-state index contributed by atoms with van der Waals surface area (Å²) in [5.41, 5.74) is -3.27. The molecule has 1 aromatic rings. The van der Waals surface area contributed by atoms with Crippen LogP contribution in [-0.2, 0) is 12.4 Å². The van der Waals surface area contributed by atoms with Gasteiger partial charge >= 0.3 is 12.4 Å². The summed E-state index contributed by atoms with van der Waals surface area (Å²) >= 11 is 0. The van der Waals surface area contributed by atoms with E-state index in [-0.39, 0.29) is 6.07 Å². The van der Waals surface area contributed by atoms with Crippen molar-refractivity contribution in [1.29, 1.82) is 5.41 Å². The molecule has 88 valence electrons. The minimum Gasteiger partial charge on any atom is -0.308 e. The third kappa shape index (κ3) is 2.74. The van der Waals surface area contributed by atoms with Crippen molar-refractivity contribution < 1.29 is 26.3 Å². The number of hydrogen-bond donors (Lipinski definition) is 1. The first-order valence-electron chi connectivity index (χ1n) is 3.94. The second-order valence-electron chi connectivity index (χ2n) is 2.98. The minimum absolute atomic E-state index is 0.0208. The minimum atomic E-state index is -4.86. The predicted molar refractivity (Wildman–Crippen MR) is 44.3 cm³/mol. The molecule has 0 aliphatic carbocycles. The van der Waals surface area contributed by atoms with E-state index in [9.17, 15) is 26.3 Å². The van der Waals surface area contributed by atoms with Gasteiger partial charge < -0.3 is 5.41 Å². The normalized spacial score (nSPS) is 12.6. The molecule has 0 aliphatic rings. The molecular weight excluding hydrogens is 236 g/mol. The molecule has 0 radical (unpaired) electrons. The van der Waals surface area contributed by atoms with Gasteiger partial charge in [0.15, 0.2) is 0 Å². The van der Waals surface area contributed by atoms with Crippen LogP contribution in [0.25, 0.3) is 0 Å². The molecule has 1 N–H and O–H groups in total. The van der Waals surface area contributed by atoms with Crippen LogP contribution < -0.4 is 0 Å². The van der Waals surface area contributed by atoms with Gasteiger partial charge in [-0.3, -0.25) is 0 Å². The van der Waals surface area contributed by atoms with Gasteiger partial charge in [-0.2, -0.15) is 26.3 Å². The third-order valence-electron chi connectivity index (χ3n) is 1.78. The lowest BCUT2D eigenvalue weighted by atomic mass is 10.1. The zero-order valence-electron chi connectivity index (χ0n) is 7.58. The van der Waals surface area contributed by atoms with Crippen LogP contribution in [0, 0.1) is 5.41 Å². The van der Waals surface area contributed by atoms with Gasteiger partial charge in [-0.15, -0.1) is 0 Å². The Kier molecular flexibility index (Phi) is 2.98. The van der Waals surface area contributed by atoms with E-state index in [1.165, 1.54) is 0 Å². The molecule has 0 unspecified atom stereocenters. The molecule has 0 atom stereocenters. The van der Waals surface area contributed by atoms with Crippen molar-refractivity contribution in [3.63, 3.8) is 0 Å². The maximum absolute atomic E-state index is 12.2. The largest absolute Gasteiger partial charge is 0.416 e. The molecule has 16 heavy (non-hydrogen) atoms. The summed E-state index contributed by atoms with van der Waals surface area (Å²) in [4.78, 5) is 0. The molecule has 0 aromatic heterocycles. The van der Waals surface area contributed by atoms with Crippen LogP contribution in [0.2, 0.25) is 0 Å². The Bertz CT molecular complexity index is 371. The standard InChI is InChI=1S/C9H5F6N/c10-8(11,12)6-1-5(4-16)2-7(3-6)9(13,14)15/h1-4,16H. The second kappa shape index (κ2) is 3.80. The van der Waals surface area contributed by atoms with Crippen LogP contribution in [0.5, 0.6) is 0 Å². The second-order valence-corrected chi connectivity index (χ2v) is 2.98. The van der Waals surface area contributed by atoms with Crippen molar-refractivity contribution in [2.45, 2.75) is 12.4 Å². The quantitative estimate of drug-likeness (QED) is 0.572. The summed E-state index contributed by atoms with van der Waals surface area (Å²) in [6.07, 6.45) is -9.29. The lowest BCUT2D eigenvalue weighted by Gasteiger charge is -2.12. The van der Waals surface area contributed by atoms with E-state index in [0.29, 0.717) is 18.3 Å². The van der Waals surface area contributed by atoms with Crippen LogP contribution in [0.15, 0.2) is 18.2 Å². The summed E-state index contributed by atoms with van der Waals surface area (Å²) < 4.78 is 73.4. The average Bonchev–Trinajstić information content (AvgIpc) is 2.14. The van der Waals surface area contributed by atoms with Crippen LogP contribution in [-0.4, -0.2) is 6.21 Å². The number of benzene rings is 1. The molecule has 0 aliphatic heterocycles. The molecule has 0 fully saturated rings. The molecule has 0 spiro atoms. The first kappa shape index (κ1) is 12.5. The maximum atomic E-state index is 12.2. The molecule has 0 saturated carbocycles. The Morgan fingerprint density at radius 1 is 0.812 bits per heavy atom. The number of halogens is 6. The van der Waals surface area contributed by atoms with Crippen molar-refractivity contribution in [1.82, 2.24) is 0 Å². The van der Waals surface area contributed by atoms with Crippen molar-refractivity contribution in [2.75, 3.05) is 0 Å². The van der Waals surface area contributed by atoms with Crippen molar-refractivity contribution in [3.05, 3.63) is 34.9 Å². The maximum Gasteiger partial charge on any atom is 0.416 e. The summed E-state index contributed by atoms with van der Waals surface area (Å²) in [5, 5.41) is 6.69. The SMILES string of the molecule is N=Cc1cc(C(F)(F)F)cc(C(F)(F)F)c1. The predicted octanol–water partition coefficient (Wildman–Crippen LogP) is 3.72. The van der Waals surface area contributed by atoms with Crippen molar-refractivity contribution in [3.8, 4) is 0 Å². The average molecular weight is 241 g/mol. The monoisotopic (exact) mass is 241 g/mol.